The molecule has 5 fully saturated rings. The number of methoxy groups -OCH3 is 1. The number of hydrogen-bond acceptors (Lipinski definition) is 6. The fourth-order valence-corrected chi connectivity index (χ4v) is 8.35. The SMILES string of the molecule is COC1C=CC(C2=NOC3CC(C)(CO)CC23)=CN1[C@H]1[C@@H](C(=O)N[C@H](C)C2(C)CC2)[C@H]2CC[C@@H]1/C2=C\C1CC1. The lowest BCUT2D eigenvalue weighted by Gasteiger charge is -2.43. The number of nitrogens with zero attached hydrogens (tertiary/aromatic N) is 2. The van der Waals surface area contributed by atoms with Gasteiger partial charge in [-0.2, -0.15) is 0 Å². The van der Waals surface area contributed by atoms with Gasteiger partial charge in [-0.15, -0.1) is 0 Å². The summed E-state index contributed by atoms with van der Waals surface area (Å²) in [5, 5.41) is 18.0. The van der Waals surface area contributed by atoms with E-state index in [-0.39, 0.29) is 59.6 Å². The number of rotatable bonds is 8. The molecule has 0 aromatic heterocycles. The molecule has 2 bridgehead atoms. The van der Waals surface area contributed by atoms with Crippen molar-refractivity contribution < 1.29 is 19.5 Å². The predicted octanol–water partition coefficient (Wildman–Crippen LogP) is 4.54. The molecule has 0 radical (unpaired) electrons. The highest BCUT2D eigenvalue weighted by atomic mass is 16.6. The molecule has 7 heteroatoms. The van der Waals surface area contributed by atoms with Crippen molar-refractivity contribution in [3.05, 3.63) is 35.6 Å². The Morgan fingerprint density at radius 1 is 1.23 bits per heavy atom. The molecule has 0 aromatic rings. The molecule has 39 heavy (non-hydrogen) atoms. The summed E-state index contributed by atoms with van der Waals surface area (Å²) in [7, 11) is 1.76. The van der Waals surface area contributed by atoms with E-state index >= 15 is 0 Å². The van der Waals surface area contributed by atoms with Gasteiger partial charge in [-0.05, 0) is 87.0 Å². The van der Waals surface area contributed by atoms with Crippen molar-refractivity contribution in [2.75, 3.05) is 13.7 Å². The first-order valence-electron chi connectivity index (χ1n) is 15.3. The van der Waals surface area contributed by atoms with Crippen molar-refractivity contribution in [1.29, 1.82) is 0 Å². The highest BCUT2D eigenvalue weighted by Gasteiger charge is 2.58. The first-order valence-corrected chi connectivity index (χ1v) is 15.3. The van der Waals surface area contributed by atoms with E-state index in [2.05, 4.69) is 60.6 Å². The smallest absolute Gasteiger partial charge is 0.226 e. The molecule has 5 saturated carbocycles. The summed E-state index contributed by atoms with van der Waals surface area (Å²) < 4.78 is 6.01. The van der Waals surface area contributed by atoms with Gasteiger partial charge in [0.1, 0.15) is 12.3 Å². The molecule has 0 aromatic carbocycles. The Kier molecular flexibility index (Phi) is 6.09. The van der Waals surface area contributed by atoms with E-state index in [1.54, 1.807) is 7.11 Å². The van der Waals surface area contributed by atoms with Crippen molar-refractivity contribution >= 4 is 11.6 Å². The Morgan fingerprint density at radius 2 is 2.00 bits per heavy atom. The standard InChI is InChI=1S/C32H45N3O4/c1-18(32(3)11-12-32)33-30(37)27-21-8-9-22(23(21)13-19-5-6-19)29(27)35-16-20(7-10-26(35)38-4)28-24-14-31(2,17-36)15-25(24)39-34-28/h7,10,13,16,18-19,21-22,24-27,29,36H,5-6,8-9,11-12,14-15,17H2,1-4H3,(H,33,37)/b23-13-/t18-,21+,22-,24?,25?,26?,27+,29-,31?/m1/s1. The molecular formula is C32H45N3O4. The van der Waals surface area contributed by atoms with Gasteiger partial charge in [0, 0.05) is 49.4 Å². The lowest BCUT2D eigenvalue weighted by atomic mass is 9.81. The van der Waals surface area contributed by atoms with E-state index in [0.717, 1.165) is 37.0 Å². The molecule has 9 atom stereocenters. The van der Waals surface area contributed by atoms with Crippen LogP contribution in [0.25, 0.3) is 0 Å². The van der Waals surface area contributed by atoms with Gasteiger partial charge in [0.25, 0.3) is 0 Å². The molecule has 4 unspecified atom stereocenters. The minimum Gasteiger partial charge on any atom is -0.396 e. The van der Waals surface area contributed by atoms with E-state index in [4.69, 9.17) is 9.57 Å². The summed E-state index contributed by atoms with van der Waals surface area (Å²) in [6.45, 7) is 6.78. The fourth-order valence-electron chi connectivity index (χ4n) is 8.35. The van der Waals surface area contributed by atoms with Gasteiger partial charge in [0.15, 0.2) is 0 Å². The van der Waals surface area contributed by atoms with E-state index in [1.807, 2.05) is 0 Å². The van der Waals surface area contributed by atoms with Crippen molar-refractivity contribution in [3.63, 3.8) is 0 Å². The zero-order valence-corrected chi connectivity index (χ0v) is 23.9. The molecule has 7 nitrogen and oxygen atoms in total. The topological polar surface area (TPSA) is 83.4 Å². The number of aliphatic hydroxyl groups excluding tert-OH is 1. The van der Waals surface area contributed by atoms with Crippen LogP contribution in [0.3, 0.4) is 0 Å². The number of carbonyl (C=O) groups is 1. The monoisotopic (exact) mass is 535 g/mol. The van der Waals surface area contributed by atoms with Crippen LogP contribution in [0, 0.1) is 40.4 Å². The van der Waals surface area contributed by atoms with Crippen LogP contribution in [0.4, 0.5) is 0 Å². The number of fused-ring (bicyclic) bond motifs is 3. The van der Waals surface area contributed by atoms with Crippen LogP contribution >= 0.6 is 0 Å². The molecule has 7 rings (SSSR count). The average Bonchev–Trinajstić information content (AvgIpc) is 3.75. The second-order valence-corrected chi connectivity index (χ2v) is 14.3. The van der Waals surface area contributed by atoms with E-state index in [9.17, 15) is 9.90 Å². The molecule has 7 aliphatic rings. The van der Waals surface area contributed by atoms with Crippen molar-refractivity contribution in [2.45, 2.75) is 96.6 Å². The van der Waals surface area contributed by atoms with Gasteiger partial charge >= 0.3 is 0 Å². The second-order valence-electron chi connectivity index (χ2n) is 14.3. The summed E-state index contributed by atoms with van der Waals surface area (Å²) in [5.41, 5.74) is 3.67. The number of carbonyl (C=O) groups excluding carboxylic acids is 1. The third-order valence-electron chi connectivity index (χ3n) is 11.4. The Morgan fingerprint density at radius 3 is 2.69 bits per heavy atom. The molecule has 2 aliphatic heterocycles. The van der Waals surface area contributed by atoms with Gasteiger partial charge < -0.3 is 24.9 Å². The third-order valence-corrected chi connectivity index (χ3v) is 11.4. The number of allylic oxidation sites excluding steroid dienone is 3. The highest BCUT2D eigenvalue weighted by Crippen LogP contribution is 2.57. The first-order chi connectivity index (χ1) is 18.7. The summed E-state index contributed by atoms with van der Waals surface area (Å²) in [6, 6.07) is 0.249. The fraction of sp³-hybridized carbons (Fsp3) is 0.750. The molecule has 0 saturated heterocycles. The molecular weight excluding hydrogens is 490 g/mol. The Hall–Kier alpha value is -2.12. The van der Waals surface area contributed by atoms with Crippen molar-refractivity contribution in [1.82, 2.24) is 10.2 Å². The largest absolute Gasteiger partial charge is 0.396 e. The van der Waals surface area contributed by atoms with Crippen molar-refractivity contribution in [3.8, 4) is 0 Å². The lowest BCUT2D eigenvalue weighted by molar-refractivity contribution is -0.131. The average molecular weight is 536 g/mol. The predicted molar refractivity (Wildman–Crippen MR) is 149 cm³/mol. The molecule has 212 valence electrons. The van der Waals surface area contributed by atoms with E-state index in [0.29, 0.717) is 17.8 Å². The van der Waals surface area contributed by atoms with Gasteiger partial charge in [0.2, 0.25) is 5.91 Å². The maximum atomic E-state index is 14.1. The Labute approximate surface area is 232 Å². The minimum absolute atomic E-state index is 0.0272. The summed E-state index contributed by atoms with van der Waals surface area (Å²) in [5.74, 6) is 1.70. The van der Waals surface area contributed by atoms with Crippen molar-refractivity contribution in [2.24, 2.45) is 45.6 Å². The van der Waals surface area contributed by atoms with Crippen LogP contribution in [-0.4, -0.2) is 59.8 Å². The number of oxime groups is 1. The van der Waals surface area contributed by atoms with E-state index < -0.39 is 0 Å². The second kappa shape index (κ2) is 9.20. The first kappa shape index (κ1) is 25.8. The van der Waals surface area contributed by atoms with Crippen LogP contribution < -0.4 is 5.32 Å². The summed E-state index contributed by atoms with van der Waals surface area (Å²) in [4.78, 5) is 22.3. The van der Waals surface area contributed by atoms with Gasteiger partial charge in [0.05, 0.1) is 11.6 Å². The van der Waals surface area contributed by atoms with Crippen LogP contribution in [0.1, 0.15) is 72.1 Å². The molecule has 5 aliphatic carbocycles. The van der Waals surface area contributed by atoms with Crippen LogP contribution in [0.15, 0.2) is 40.7 Å². The molecule has 1 amide bonds. The molecule has 0 spiro atoms. The number of aliphatic hydroxyl groups is 1. The number of ether oxygens (including phenoxy) is 1. The minimum atomic E-state index is -0.223. The molecule has 2 N–H and O–H groups in total. The third kappa shape index (κ3) is 4.30. The molecule has 2 heterocycles. The Bertz CT molecular complexity index is 1150. The summed E-state index contributed by atoms with van der Waals surface area (Å²) >= 11 is 0. The normalized spacial score (nSPS) is 43.3. The zero-order valence-electron chi connectivity index (χ0n) is 23.9. The van der Waals surface area contributed by atoms with Gasteiger partial charge in [-0.25, -0.2) is 0 Å². The Balaban J connectivity index is 1.21. The summed E-state index contributed by atoms with van der Waals surface area (Å²) in [6.07, 6.45) is 17.7. The van der Waals surface area contributed by atoms with E-state index in [1.165, 1.54) is 31.3 Å². The zero-order chi connectivity index (χ0) is 27.1. The van der Waals surface area contributed by atoms with Crippen LogP contribution in [0.5, 0.6) is 0 Å². The van der Waals surface area contributed by atoms with Gasteiger partial charge in [-0.3, -0.25) is 4.79 Å². The number of amides is 1. The van der Waals surface area contributed by atoms with Crippen LogP contribution in [-0.2, 0) is 14.4 Å². The number of hydrogen-bond donors (Lipinski definition) is 2. The van der Waals surface area contributed by atoms with Crippen LogP contribution in [0.2, 0.25) is 0 Å². The highest BCUT2D eigenvalue weighted by molar-refractivity contribution is 6.05. The van der Waals surface area contributed by atoms with Gasteiger partial charge in [-0.1, -0.05) is 36.7 Å². The number of nitrogens with one attached hydrogen (secondary N) is 1. The maximum absolute atomic E-state index is 14.1. The maximum Gasteiger partial charge on any atom is 0.226 e. The lowest BCUT2D eigenvalue weighted by Crippen LogP contribution is -2.54. The quantitative estimate of drug-likeness (QED) is 0.446.